The first-order valence-electron chi connectivity index (χ1n) is 8.46. The number of rotatable bonds is 7. The molecule has 1 amide bonds. The predicted molar refractivity (Wildman–Crippen MR) is 97.7 cm³/mol. The fourth-order valence-electron chi connectivity index (χ4n) is 2.45. The summed E-state index contributed by atoms with van der Waals surface area (Å²) in [4.78, 5) is 22.6. The van der Waals surface area contributed by atoms with Crippen molar-refractivity contribution in [1.82, 2.24) is 14.9 Å². The van der Waals surface area contributed by atoms with Crippen LogP contribution in [0.15, 0.2) is 36.7 Å². The van der Waals surface area contributed by atoms with Crippen LogP contribution in [0.2, 0.25) is 0 Å². The van der Waals surface area contributed by atoms with Crippen LogP contribution in [0.3, 0.4) is 0 Å². The number of hydrogen-bond acceptors (Lipinski definition) is 4. The second-order valence-corrected chi connectivity index (χ2v) is 6.24. The molecule has 1 aromatic heterocycles. The van der Waals surface area contributed by atoms with E-state index in [2.05, 4.69) is 42.1 Å². The van der Waals surface area contributed by atoms with E-state index in [9.17, 15) is 4.79 Å². The number of amides is 1. The van der Waals surface area contributed by atoms with E-state index < -0.39 is 0 Å². The van der Waals surface area contributed by atoms with Gasteiger partial charge in [-0.1, -0.05) is 45.4 Å². The highest BCUT2D eigenvalue weighted by Gasteiger charge is 2.13. The number of hydrogen-bond donors (Lipinski definition) is 1. The van der Waals surface area contributed by atoms with Gasteiger partial charge in [-0.05, 0) is 24.0 Å². The molecule has 0 atom stereocenters. The third-order valence-corrected chi connectivity index (χ3v) is 3.92. The molecule has 0 saturated carbocycles. The largest absolute Gasteiger partial charge is 0.342 e. The maximum atomic E-state index is 12.3. The molecule has 0 radical (unpaired) electrons. The summed E-state index contributed by atoms with van der Waals surface area (Å²) in [5, 5.41) is 3.24. The van der Waals surface area contributed by atoms with Gasteiger partial charge in [0.2, 0.25) is 5.95 Å². The van der Waals surface area contributed by atoms with Crippen molar-refractivity contribution in [2.75, 3.05) is 18.9 Å². The first kappa shape index (κ1) is 17.9. The SMILES string of the molecule is CCCCN(C)C(=O)c1cnc(Nc2ccccc2C(C)C)nc1. The number of aromatic nitrogens is 2. The molecule has 5 heteroatoms. The minimum Gasteiger partial charge on any atom is -0.342 e. The van der Waals surface area contributed by atoms with Gasteiger partial charge in [-0.25, -0.2) is 9.97 Å². The highest BCUT2D eigenvalue weighted by molar-refractivity contribution is 5.93. The van der Waals surface area contributed by atoms with Gasteiger partial charge in [0, 0.05) is 31.7 Å². The van der Waals surface area contributed by atoms with Gasteiger partial charge >= 0.3 is 0 Å². The van der Waals surface area contributed by atoms with Crippen LogP contribution in [0.1, 0.15) is 55.5 Å². The number of para-hydroxylation sites is 1. The van der Waals surface area contributed by atoms with E-state index in [0.29, 0.717) is 17.4 Å². The normalized spacial score (nSPS) is 10.7. The third kappa shape index (κ3) is 4.54. The molecule has 24 heavy (non-hydrogen) atoms. The fourth-order valence-corrected chi connectivity index (χ4v) is 2.45. The molecule has 0 saturated heterocycles. The maximum Gasteiger partial charge on any atom is 0.256 e. The molecule has 1 N–H and O–H groups in total. The number of unbranched alkanes of at least 4 members (excludes halogenated alkanes) is 1. The molecule has 0 aliphatic carbocycles. The average molecular weight is 326 g/mol. The number of carbonyl (C=O) groups is 1. The van der Waals surface area contributed by atoms with Crippen LogP contribution < -0.4 is 5.32 Å². The van der Waals surface area contributed by atoms with Gasteiger partial charge < -0.3 is 10.2 Å². The number of benzene rings is 1. The fraction of sp³-hybridized carbons (Fsp3) is 0.421. The third-order valence-electron chi connectivity index (χ3n) is 3.92. The van der Waals surface area contributed by atoms with Crippen molar-refractivity contribution in [2.24, 2.45) is 0 Å². The van der Waals surface area contributed by atoms with E-state index in [1.165, 1.54) is 5.56 Å². The lowest BCUT2D eigenvalue weighted by atomic mass is 10.0. The Bertz CT molecular complexity index is 667. The smallest absolute Gasteiger partial charge is 0.256 e. The highest BCUT2D eigenvalue weighted by Crippen LogP contribution is 2.25. The summed E-state index contributed by atoms with van der Waals surface area (Å²) in [5.74, 6) is 0.857. The molecule has 2 aromatic rings. The van der Waals surface area contributed by atoms with Crippen LogP contribution in [0.25, 0.3) is 0 Å². The Kier molecular flexibility index (Phi) is 6.29. The van der Waals surface area contributed by atoms with Crippen LogP contribution in [-0.2, 0) is 0 Å². The molecular weight excluding hydrogens is 300 g/mol. The van der Waals surface area contributed by atoms with Gasteiger partial charge in [-0.3, -0.25) is 4.79 Å². The van der Waals surface area contributed by atoms with E-state index in [-0.39, 0.29) is 5.91 Å². The molecule has 1 heterocycles. The quantitative estimate of drug-likeness (QED) is 0.828. The molecule has 0 fully saturated rings. The summed E-state index contributed by atoms with van der Waals surface area (Å²) in [6.07, 6.45) is 5.22. The van der Waals surface area contributed by atoms with Crippen LogP contribution in [-0.4, -0.2) is 34.4 Å². The van der Waals surface area contributed by atoms with Crippen molar-refractivity contribution in [3.63, 3.8) is 0 Å². The lowest BCUT2D eigenvalue weighted by Gasteiger charge is -2.16. The van der Waals surface area contributed by atoms with Crippen molar-refractivity contribution in [3.05, 3.63) is 47.8 Å². The molecule has 5 nitrogen and oxygen atoms in total. The summed E-state index contributed by atoms with van der Waals surface area (Å²) in [7, 11) is 1.81. The van der Waals surface area contributed by atoms with Gasteiger partial charge in [0.25, 0.3) is 5.91 Å². The van der Waals surface area contributed by atoms with Gasteiger partial charge in [-0.15, -0.1) is 0 Å². The van der Waals surface area contributed by atoms with Gasteiger partial charge in [-0.2, -0.15) is 0 Å². The average Bonchev–Trinajstić information content (AvgIpc) is 2.60. The van der Waals surface area contributed by atoms with Crippen molar-refractivity contribution in [3.8, 4) is 0 Å². The zero-order chi connectivity index (χ0) is 17.5. The molecule has 0 spiro atoms. The first-order chi connectivity index (χ1) is 11.5. The molecule has 0 aliphatic heterocycles. The molecule has 1 aromatic carbocycles. The molecule has 0 aliphatic rings. The predicted octanol–water partition coefficient (Wildman–Crippen LogP) is 4.22. The Morgan fingerprint density at radius 2 is 1.88 bits per heavy atom. The lowest BCUT2D eigenvalue weighted by Crippen LogP contribution is -2.27. The van der Waals surface area contributed by atoms with Crippen LogP contribution in [0.5, 0.6) is 0 Å². The van der Waals surface area contributed by atoms with Crippen molar-refractivity contribution in [1.29, 1.82) is 0 Å². The van der Waals surface area contributed by atoms with E-state index in [0.717, 1.165) is 25.1 Å². The number of anilines is 2. The molecular formula is C19H26N4O. The van der Waals surface area contributed by atoms with Crippen LogP contribution >= 0.6 is 0 Å². The molecule has 0 unspecified atom stereocenters. The lowest BCUT2D eigenvalue weighted by molar-refractivity contribution is 0.0792. The topological polar surface area (TPSA) is 58.1 Å². The monoisotopic (exact) mass is 326 g/mol. The standard InChI is InChI=1S/C19H26N4O/c1-5-6-11-23(4)18(24)15-12-20-19(21-13-15)22-17-10-8-7-9-16(17)14(2)3/h7-10,12-14H,5-6,11H2,1-4H3,(H,20,21,22). The zero-order valence-corrected chi connectivity index (χ0v) is 14.9. The minimum atomic E-state index is -0.0439. The molecule has 2 rings (SSSR count). The van der Waals surface area contributed by atoms with E-state index in [1.54, 1.807) is 17.3 Å². The van der Waals surface area contributed by atoms with Gasteiger partial charge in [0.15, 0.2) is 0 Å². The van der Waals surface area contributed by atoms with Crippen molar-refractivity contribution < 1.29 is 4.79 Å². The summed E-state index contributed by atoms with van der Waals surface area (Å²) in [6, 6.07) is 8.11. The maximum absolute atomic E-state index is 12.3. The Morgan fingerprint density at radius 1 is 1.21 bits per heavy atom. The first-order valence-corrected chi connectivity index (χ1v) is 8.46. The Hall–Kier alpha value is -2.43. The summed E-state index contributed by atoms with van der Waals surface area (Å²) >= 11 is 0. The summed E-state index contributed by atoms with van der Waals surface area (Å²) in [5.41, 5.74) is 2.71. The number of carbonyl (C=O) groups excluding carboxylic acids is 1. The van der Waals surface area contributed by atoms with E-state index >= 15 is 0 Å². The summed E-state index contributed by atoms with van der Waals surface area (Å²) < 4.78 is 0. The van der Waals surface area contributed by atoms with Crippen molar-refractivity contribution >= 4 is 17.5 Å². The zero-order valence-electron chi connectivity index (χ0n) is 14.9. The number of nitrogens with zero attached hydrogens (tertiary/aromatic N) is 3. The Labute approximate surface area is 144 Å². The molecule has 128 valence electrons. The number of nitrogens with one attached hydrogen (secondary N) is 1. The van der Waals surface area contributed by atoms with Gasteiger partial charge in [0.05, 0.1) is 5.56 Å². The van der Waals surface area contributed by atoms with E-state index in [4.69, 9.17) is 0 Å². The van der Waals surface area contributed by atoms with Gasteiger partial charge in [0.1, 0.15) is 0 Å². The van der Waals surface area contributed by atoms with Crippen LogP contribution in [0.4, 0.5) is 11.6 Å². The second kappa shape index (κ2) is 8.43. The highest BCUT2D eigenvalue weighted by atomic mass is 16.2. The Morgan fingerprint density at radius 3 is 2.50 bits per heavy atom. The summed E-state index contributed by atoms with van der Waals surface area (Å²) in [6.45, 7) is 7.15. The van der Waals surface area contributed by atoms with Crippen LogP contribution in [0, 0.1) is 0 Å². The van der Waals surface area contributed by atoms with Crippen molar-refractivity contribution in [2.45, 2.75) is 39.5 Å². The second-order valence-electron chi connectivity index (χ2n) is 6.24. The van der Waals surface area contributed by atoms with E-state index in [1.807, 2.05) is 25.2 Å². The molecule has 0 bridgehead atoms. The minimum absolute atomic E-state index is 0.0439. The Balaban J connectivity index is 2.09.